The lowest BCUT2D eigenvalue weighted by molar-refractivity contribution is -0.143. The molecule has 4 rings (SSSR count). The summed E-state index contributed by atoms with van der Waals surface area (Å²) in [5.74, 6) is 1.30. The Hall–Kier alpha value is -3.08. The Balaban J connectivity index is 1.44. The van der Waals surface area contributed by atoms with Crippen LogP contribution in [0.4, 0.5) is 0 Å². The number of carbonyl (C=O) groups is 1. The summed E-state index contributed by atoms with van der Waals surface area (Å²) in [4.78, 5) is 16.8. The van der Waals surface area contributed by atoms with Gasteiger partial charge in [0.25, 0.3) is 0 Å². The van der Waals surface area contributed by atoms with Crippen LogP contribution in [-0.2, 0) is 36.0 Å². The van der Waals surface area contributed by atoms with E-state index >= 15 is 0 Å². The van der Waals surface area contributed by atoms with Crippen molar-refractivity contribution in [1.82, 2.24) is 9.55 Å². The molecule has 1 aliphatic rings. The summed E-state index contributed by atoms with van der Waals surface area (Å²) < 4.78 is 13.3. The predicted molar refractivity (Wildman–Crippen MR) is 120 cm³/mol. The first-order chi connectivity index (χ1) is 15.1. The molecule has 2 aromatic carbocycles. The zero-order valence-corrected chi connectivity index (χ0v) is 18.3. The number of fused-ring (bicyclic) bond motifs is 1. The average Bonchev–Trinajstić information content (AvgIpc) is 3.43. The molecule has 0 saturated heterocycles. The molecule has 1 heterocycles. The van der Waals surface area contributed by atoms with Gasteiger partial charge in [-0.15, -0.1) is 0 Å². The Morgan fingerprint density at radius 3 is 2.68 bits per heavy atom. The Morgan fingerprint density at radius 2 is 1.94 bits per heavy atom. The summed E-state index contributed by atoms with van der Waals surface area (Å²) in [6, 6.07) is 14.6. The van der Waals surface area contributed by atoms with E-state index in [1.165, 1.54) is 36.0 Å². The number of aromatic nitrogens is 2. The van der Waals surface area contributed by atoms with Gasteiger partial charge < -0.3 is 14.0 Å². The van der Waals surface area contributed by atoms with E-state index in [0.29, 0.717) is 13.2 Å². The summed E-state index contributed by atoms with van der Waals surface area (Å²) in [5.41, 5.74) is 5.16. The third kappa shape index (κ3) is 5.16. The van der Waals surface area contributed by atoms with E-state index in [4.69, 9.17) is 9.47 Å². The molecule has 31 heavy (non-hydrogen) atoms. The predicted octanol–water partition coefficient (Wildman–Crippen LogP) is 4.96. The van der Waals surface area contributed by atoms with Gasteiger partial charge in [-0.25, -0.2) is 4.98 Å². The fourth-order valence-corrected chi connectivity index (χ4v) is 4.19. The van der Waals surface area contributed by atoms with Crippen LogP contribution in [0, 0.1) is 0 Å². The molecule has 1 unspecified atom stereocenters. The van der Waals surface area contributed by atoms with Crippen molar-refractivity contribution >= 4 is 5.97 Å². The average molecular weight is 419 g/mol. The van der Waals surface area contributed by atoms with Crippen molar-refractivity contribution < 1.29 is 14.3 Å². The van der Waals surface area contributed by atoms with Crippen molar-refractivity contribution in [2.45, 2.75) is 51.6 Å². The van der Waals surface area contributed by atoms with Crippen molar-refractivity contribution in [3.05, 3.63) is 82.9 Å². The number of carbonyl (C=O) groups excluding carboxylic acids is 1. The molecule has 1 atom stereocenters. The van der Waals surface area contributed by atoms with E-state index in [0.717, 1.165) is 23.6 Å². The van der Waals surface area contributed by atoms with Gasteiger partial charge in [-0.3, -0.25) is 4.79 Å². The molecule has 0 radical (unpaired) electrons. The number of aryl methyl sites for hydroxylation is 3. The second-order valence-electron chi connectivity index (χ2n) is 8.19. The van der Waals surface area contributed by atoms with E-state index in [1.807, 2.05) is 49.0 Å². The van der Waals surface area contributed by atoms with Gasteiger partial charge in [0.05, 0.1) is 18.9 Å². The minimum atomic E-state index is -0.202. The summed E-state index contributed by atoms with van der Waals surface area (Å²) in [6.07, 6.45) is 8.36. The zero-order valence-electron chi connectivity index (χ0n) is 18.3. The second-order valence-corrected chi connectivity index (χ2v) is 8.19. The minimum Gasteiger partial charge on any atom is -0.489 e. The van der Waals surface area contributed by atoms with E-state index in [1.54, 1.807) is 6.20 Å². The van der Waals surface area contributed by atoms with Crippen LogP contribution in [0.3, 0.4) is 0 Å². The third-order valence-electron chi connectivity index (χ3n) is 5.86. The van der Waals surface area contributed by atoms with Crippen molar-refractivity contribution in [3.8, 4) is 5.75 Å². The molecule has 0 bridgehead atoms. The largest absolute Gasteiger partial charge is 0.489 e. The number of esters is 1. The molecular weight excluding hydrogens is 388 g/mol. The summed E-state index contributed by atoms with van der Waals surface area (Å²) in [6.45, 7) is 2.99. The highest BCUT2D eigenvalue weighted by Crippen LogP contribution is 2.29. The van der Waals surface area contributed by atoms with Gasteiger partial charge in [-0.05, 0) is 60.1 Å². The Morgan fingerprint density at radius 1 is 1.13 bits per heavy atom. The molecular formula is C26H30N2O3. The maximum absolute atomic E-state index is 12.3. The van der Waals surface area contributed by atoms with Gasteiger partial charge in [0.1, 0.15) is 18.2 Å². The molecule has 1 aliphatic carbocycles. The molecule has 0 spiro atoms. The number of benzene rings is 2. The van der Waals surface area contributed by atoms with Gasteiger partial charge in [0, 0.05) is 19.4 Å². The van der Waals surface area contributed by atoms with Crippen LogP contribution in [0.2, 0.25) is 0 Å². The van der Waals surface area contributed by atoms with Gasteiger partial charge in [0.2, 0.25) is 0 Å². The monoisotopic (exact) mass is 418 g/mol. The number of hydrogen-bond acceptors (Lipinski definition) is 4. The van der Waals surface area contributed by atoms with Crippen LogP contribution in [0.25, 0.3) is 0 Å². The lowest BCUT2D eigenvalue weighted by atomic mass is 9.94. The smallest absolute Gasteiger partial charge is 0.306 e. The quantitative estimate of drug-likeness (QED) is 0.461. The SMILES string of the molecule is CCCOC(=O)CC(c1ccc(OCc2ccc3c(c2)CCC3)cc1)c1nccn1C. The number of ether oxygens (including phenoxy) is 2. The Bertz CT molecular complexity index is 1020. The number of hydrogen-bond donors (Lipinski definition) is 0. The fraction of sp³-hybridized carbons (Fsp3) is 0.385. The van der Waals surface area contributed by atoms with Crippen molar-refractivity contribution in [2.75, 3.05) is 6.61 Å². The van der Waals surface area contributed by atoms with Crippen LogP contribution in [0.15, 0.2) is 54.9 Å². The van der Waals surface area contributed by atoms with Gasteiger partial charge in [0.15, 0.2) is 0 Å². The molecule has 0 amide bonds. The van der Waals surface area contributed by atoms with Gasteiger partial charge in [-0.2, -0.15) is 0 Å². The van der Waals surface area contributed by atoms with Crippen LogP contribution >= 0.6 is 0 Å². The highest BCUT2D eigenvalue weighted by molar-refractivity contribution is 5.71. The van der Waals surface area contributed by atoms with Gasteiger partial charge >= 0.3 is 5.97 Å². The van der Waals surface area contributed by atoms with Crippen molar-refractivity contribution in [1.29, 1.82) is 0 Å². The fourth-order valence-electron chi connectivity index (χ4n) is 4.19. The zero-order chi connectivity index (χ0) is 21.6. The highest BCUT2D eigenvalue weighted by atomic mass is 16.5. The Kier molecular flexibility index (Phi) is 6.70. The standard InChI is InChI=1S/C26H30N2O3/c1-3-15-30-25(29)17-24(26-27-13-14-28(26)2)21-9-11-23(12-10-21)31-18-19-7-8-20-5-4-6-22(20)16-19/h7-14,16,24H,3-6,15,17-18H2,1-2H3. The molecule has 162 valence electrons. The van der Waals surface area contributed by atoms with Crippen LogP contribution in [0.1, 0.15) is 60.2 Å². The maximum atomic E-state index is 12.3. The van der Waals surface area contributed by atoms with Crippen LogP contribution in [0.5, 0.6) is 5.75 Å². The third-order valence-corrected chi connectivity index (χ3v) is 5.86. The topological polar surface area (TPSA) is 53.4 Å². The lowest BCUT2D eigenvalue weighted by Gasteiger charge is -2.17. The van der Waals surface area contributed by atoms with Crippen molar-refractivity contribution in [2.24, 2.45) is 7.05 Å². The molecule has 5 nitrogen and oxygen atoms in total. The van der Waals surface area contributed by atoms with E-state index in [-0.39, 0.29) is 18.3 Å². The van der Waals surface area contributed by atoms with E-state index < -0.39 is 0 Å². The highest BCUT2D eigenvalue weighted by Gasteiger charge is 2.23. The second kappa shape index (κ2) is 9.82. The van der Waals surface area contributed by atoms with Crippen LogP contribution < -0.4 is 4.74 Å². The van der Waals surface area contributed by atoms with Gasteiger partial charge in [-0.1, -0.05) is 37.3 Å². The molecule has 0 N–H and O–H groups in total. The molecule has 0 fully saturated rings. The minimum absolute atomic E-state index is 0.157. The Labute approximate surface area is 184 Å². The van der Waals surface area contributed by atoms with Crippen LogP contribution in [-0.4, -0.2) is 22.1 Å². The maximum Gasteiger partial charge on any atom is 0.306 e. The molecule has 3 aromatic rings. The van der Waals surface area contributed by atoms with E-state index in [2.05, 4.69) is 23.2 Å². The van der Waals surface area contributed by atoms with E-state index in [9.17, 15) is 4.79 Å². The normalized spacial score (nSPS) is 13.6. The molecule has 0 saturated carbocycles. The summed E-state index contributed by atoms with van der Waals surface area (Å²) >= 11 is 0. The lowest BCUT2D eigenvalue weighted by Crippen LogP contribution is -2.15. The summed E-state index contributed by atoms with van der Waals surface area (Å²) in [5, 5.41) is 0. The number of rotatable bonds is 9. The first-order valence-corrected chi connectivity index (χ1v) is 11.1. The summed E-state index contributed by atoms with van der Waals surface area (Å²) in [7, 11) is 1.95. The van der Waals surface area contributed by atoms with Crippen molar-refractivity contribution in [3.63, 3.8) is 0 Å². The first-order valence-electron chi connectivity index (χ1n) is 11.1. The number of imidazole rings is 1. The first kappa shape index (κ1) is 21.2. The molecule has 0 aliphatic heterocycles. The molecule has 5 heteroatoms. The molecule has 1 aromatic heterocycles. The number of nitrogens with zero attached hydrogens (tertiary/aromatic N) is 2.